The Morgan fingerprint density at radius 1 is 0.397 bits per heavy atom. The lowest BCUT2D eigenvalue weighted by Gasteiger charge is -2.35. The van der Waals surface area contributed by atoms with Crippen LogP contribution in [0.1, 0.15) is 50.1 Å². The maximum absolute atomic E-state index is 16.6. The van der Waals surface area contributed by atoms with Gasteiger partial charge in [0.1, 0.15) is 5.82 Å². The van der Waals surface area contributed by atoms with E-state index in [2.05, 4.69) is 256 Å². The van der Waals surface area contributed by atoms with E-state index in [1.165, 1.54) is 66.8 Å². The van der Waals surface area contributed by atoms with Gasteiger partial charge >= 0.3 is 0 Å². The third-order valence-corrected chi connectivity index (χ3v) is 14.9. The molecule has 0 fully saturated rings. The smallest absolute Gasteiger partial charge is 0.147 e. The van der Waals surface area contributed by atoms with E-state index in [1.807, 2.05) is 60.8 Å². The number of allylic oxidation sites excluding steroid dienone is 4. The summed E-state index contributed by atoms with van der Waals surface area (Å²) in [4.78, 5) is 2.12. The van der Waals surface area contributed by atoms with Crippen LogP contribution in [0, 0.1) is 33.5 Å². The van der Waals surface area contributed by atoms with Gasteiger partial charge in [-0.25, -0.2) is 4.39 Å². The fourth-order valence-corrected chi connectivity index (χ4v) is 11.3. The molecule has 2 nitrogen and oxygen atoms in total. The molecule has 3 heteroatoms. The van der Waals surface area contributed by atoms with Crippen molar-refractivity contribution in [2.24, 2.45) is 0 Å². The van der Waals surface area contributed by atoms with Gasteiger partial charge in [-0.1, -0.05) is 259 Å². The zero-order valence-electron chi connectivity index (χ0n) is 44.5. The lowest BCUT2D eigenvalue weighted by Crippen LogP contribution is -2.29. The minimum absolute atomic E-state index is 0.299. The summed E-state index contributed by atoms with van der Waals surface area (Å²) in [5.41, 5.74) is 20.7. The monoisotopic (exact) mass is 1010 g/mol. The predicted octanol–water partition coefficient (Wildman–Crippen LogP) is 20.3. The van der Waals surface area contributed by atoms with Crippen molar-refractivity contribution in [2.75, 3.05) is 10.2 Å². The highest BCUT2D eigenvalue weighted by Gasteiger charge is 2.47. The van der Waals surface area contributed by atoms with E-state index < -0.39 is 5.41 Å². The average molecular weight is 1010 g/mol. The first-order valence-corrected chi connectivity index (χ1v) is 26.8. The van der Waals surface area contributed by atoms with Crippen molar-refractivity contribution in [2.45, 2.75) is 33.1 Å². The zero-order chi connectivity index (χ0) is 53.4. The van der Waals surface area contributed by atoms with Gasteiger partial charge in [-0.05, 0) is 137 Å². The van der Waals surface area contributed by atoms with E-state index in [-0.39, 0.29) is 5.82 Å². The molecule has 78 heavy (non-hydrogen) atoms. The molecule has 2 aliphatic rings. The van der Waals surface area contributed by atoms with Crippen molar-refractivity contribution in [1.29, 1.82) is 0 Å². The third kappa shape index (κ3) is 10.0. The van der Waals surface area contributed by atoms with Gasteiger partial charge in [0, 0.05) is 28.5 Å². The van der Waals surface area contributed by atoms with Crippen LogP contribution in [0.2, 0.25) is 0 Å². The number of para-hydroxylation sites is 2. The van der Waals surface area contributed by atoms with Crippen LogP contribution in [0.5, 0.6) is 0 Å². The zero-order valence-corrected chi connectivity index (χ0v) is 44.5. The molecule has 11 aromatic carbocycles. The van der Waals surface area contributed by atoms with E-state index in [1.54, 1.807) is 12.1 Å². The van der Waals surface area contributed by atoms with Gasteiger partial charge in [0.25, 0.3) is 0 Å². The van der Waals surface area contributed by atoms with Gasteiger partial charge in [-0.15, -0.1) is 0 Å². The number of nitrogens with one attached hydrogen (secondary N) is 1. The predicted molar refractivity (Wildman–Crippen MR) is 330 cm³/mol. The molecule has 0 bridgehead atoms. The number of halogens is 1. The Morgan fingerprint density at radius 2 is 1.01 bits per heavy atom. The minimum atomic E-state index is -0.642. The normalized spacial score (nSPS) is 13.7. The summed E-state index contributed by atoms with van der Waals surface area (Å²) in [7, 11) is 0. The van der Waals surface area contributed by atoms with Crippen molar-refractivity contribution in [1.82, 2.24) is 0 Å². The summed E-state index contributed by atoms with van der Waals surface area (Å²) in [6, 6.07) is 88.9. The van der Waals surface area contributed by atoms with Crippen LogP contribution in [0.4, 0.5) is 27.1 Å². The standard InChI is InChI=1S/C54H39FN2.C14H14.C7H8/c1-37-29-32-45-47(34-37)54(39-19-7-4-8-20-39,40-21-9-5-10-22-40)48-36-52(43-24-11-12-25-44(43)53(45)48)57(51-28-16-14-26-49(51)55)41-31-30-38-18-6-2-3-17-33-56-50-27-15-13-23-42(50)46(38)35-41;1-11-6-5-8-13(10-11)14-9-4-3-7-12(14)2;1-7-5-3-2-4-6-7/h2-36,56H,1H3;3-10H,1-2H3;2-6H,1H3/b3-2-,18-6-,33-17+;;. The topological polar surface area (TPSA) is 15.3 Å². The van der Waals surface area contributed by atoms with E-state index in [0.29, 0.717) is 5.69 Å². The molecule has 378 valence electrons. The molecule has 0 unspecified atom stereocenters. The minimum Gasteiger partial charge on any atom is -0.361 e. The van der Waals surface area contributed by atoms with E-state index >= 15 is 4.39 Å². The lowest BCUT2D eigenvalue weighted by atomic mass is 9.67. The van der Waals surface area contributed by atoms with Gasteiger partial charge in [-0.2, -0.15) is 0 Å². The molecule has 0 amide bonds. The first-order valence-electron chi connectivity index (χ1n) is 26.8. The highest BCUT2D eigenvalue weighted by atomic mass is 19.1. The van der Waals surface area contributed by atoms with Crippen molar-refractivity contribution >= 4 is 39.6 Å². The van der Waals surface area contributed by atoms with Crippen LogP contribution in [0.25, 0.3) is 50.2 Å². The van der Waals surface area contributed by atoms with Crippen LogP contribution in [0.3, 0.4) is 0 Å². The second-order valence-corrected chi connectivity index (χ2v) is 20.1. The fourth-order valence-electron chi connectivity index (χ4n) is 11.3. The maximum atomic E-state index is 16.6. The number of hydrogen-bond acceptors (Lipinski definition) is 2. The van der Waals surface area contributed by atoms with Crippen molar-refractivity contribution in [3.05, 3.63) is 341 Å². The Bertz CT molecular complexity index is 3960. The molecule has 0 saturated carbocycles. The Kier molecular flexibility index (Phi) is 14.7. The molecular formula is C75H61FN2. The Balaban J connectivity index is 0.000000255. The van der Waals surface area contributed by atoms with Gasteiger partial charge in [0.05, 0.1) is 16.8 Å². The molecule has 11 aromatic rings. The Hall–Kier alpha value is -9.57. The van der Waals surface area contributed by atoms with Crippen LogP contribution in [0.15, 0.2) is 285 Å². The third-order valence-electron chi connectivity index (χ3n) is 14.9. The molecule has 0 atom stereocenters. The van der Waals surface area contributed by atoms with Crippen molar-refractivity contribution in [3.8, 4) is 33.4 Å². The summed E-state index contributed by atoms with van der Waals surface area (Å²) in [6.07, 6.45) is 12.2. The first-order chi connectivity index (χ1) is 38.3. The Labute approximate surface area is 459 Å². The summed E-state index contributed by atoms with van der Waals surface area (Å²) >= 11 is 0. The van der Waals surface area contributed by atoms with Crippen LogP contribution >= 0.6 is 0 Å². The number of nitrogens with zero attached hydrogens (tertiary/aromatic N) is 1. The molecule has 13 rings (SSSR count). The molecule has 1 N–H and O–H groups in total. The van der Waals surface area contributed by atoms with Crippen molar-refractivity contribution in [3.63, 3.8) is 0 Å². The van der Waals surface area contributed by atoms with E-state index in [0.717, 1.165) is 44.5 Å². The molecule has 1 heterocycles. The molecule has 1 aliphatic heterocycles. The molecule has 1 aliphatic carbocycles. The van der Waals surface area contributed by atoms with Gasteiger partial charge < -0.3 is 10.2 Å². The Morgan fingerprint density at radius 3 is 1.72 bits per heavy atom. The summed E-state index contributed by atoms with van der Waals surface area (Å²) in [5.74, 6) is -0.299. The summed E-state index contributed by atoms with van der Waals surface area (Å²) in [5, 5.41) is 5.66. The summed E-state index contributed by atoms with van der Waals surface area (Å²) < 4.78 is 16.6. The van der Waals surface area contributed by atoms with Crippen molar-refractivity contribution < 1.29 is 4.39 Å². The second-order valence-electron chi connectivity index (χ2n) is 20.1. The highest BCUT2D eigenvalue weighted by molar-refractivity contribution is 6.11. The van der Waals surface area contributed by atoms with Gasteiger partial charge in [-0.3, -0.25) is 0 Å². The molecule has 0 saturated heterocycles. The quantitative estimate of drug-likeness (QED) is 0.179. The molecular weight excluding hydrogens is 948 g/mol. The molecule has 0 spiro atoms. The van der Waals surface area contributed by atoms with Crippen LogP contribution in [-0.2, 0) is 5.41 Å². The van der Waals surface area contributed by atoms with Crippen LogP contribution < -0.4 is 10.2 Å². The number of rotatable bonds is 6. The first kappa shape index (κ1) is 50.6. The lowest BCUT2D eigenvalue weighted by molar-refractivity contribution is 0.629. The average Bonchev–Trinajstić information content (AvgIpc) is 3.84. The van der Waals surface area contributed by atoms with Crippen LogP contribution in [-0.4, -0.2) is 0 Å². The number of aryl methyl sites for hydroxylation is 4. The number of hydrogen-bond donors (Lipinski definition) is 1. The van der Waals surface area contributed by atoms with Gasteiger partial charge in [0.2, 0.25) is 0 Å². The summed E-state index contributed by atoms with van der Waals surface area (Å²) in [6.45, 7) is 8.54. The van der Waals surface area contributed by atoms with E-state index in [4.69, 9.17) is 0 Å². The second kappa shape index (κ2) is 22.7. The van der Waals surface area contributed by atoms with Gasteiger partial charge in [0.15, 0.2) is 0 Å². The fraction of sp³-hybridized carbons (Fsp3) is 0.0667. The maximum Gasteiger partial charge on any atom is 0.147 e. The SMILES string of the molecule is Cc1ccc2c(c1)C(c1ccccc1)(c1ccccc1)c1cc(N(c3ccc4c(c3)-c3ccccc3N/C=C/C=C\C=C/4)c3ccccc3F)c3ccccc3c1-2.Cc1cccc(-c2ccccc2C)c1.Cc1ccccc1. The molecule has 0 radical (unpaired) electrons. The largest absolute Gasteiger partial charge is 0.361 e. The number of benzene rings is 11. The number of fused-ring (bicyclic) bond motifs is 8. The highest BCUT2D eigenvalue weighted by Crippen LogP contribution is 2.60. The number of anilines is 4. The molecule has 0 aromatic heterocycles. The van der Waals surface area contributed by atoms with E-state index in [9.17, 15) is 0 Å².